The summed E-state index contributed by atoms with van der Waals surface area (Å²) in [5, 5.41) is 0. The Kier molecular flexibility index (Phi) is 4.56. The highest BCUT2D eigenvalue weighted by molar-refractivity contribution is 5.26. The van der Waals surface area contributed by atoms with Crippen LogP contribution in [0.15, 0.2) is 24.3 Å². The molecule has 1 unspecified atom stereocenters. The van der Waals surface area contributed by atoms with Crippen LogP contribution in [0.4, 0.5) is 8.78 Å². The van der Waals surface area contributed by atoms with E-state index in [0.717, 1.165) is 18.4 Å². The van der Waals surface area contributed by atoms with Gasteiger partial charge in [-0.3, -0.25) is 0 Å². The maximum absolute atomic E-state index is 13.2. The smallest absolute Gasteiger partial charge is 0.248 e. The SMILES string of the molecule is CCCc1cccc(C(N)C2CCC(F)(F)CC2)c1. The zero-order valence-corrected chi connectivity index (χ0v) is 11.5. The molecule has 1 saturated carbocycles. The van der Waals surface area contributed by atoms with Crippen molar-refractivity contribution in [2.75, 3.05) is 0 Å². The highest BCUT2D eigenvalue weighted by Gasteiger charge is 2.37. The van der Waals surface area contributed by atoms with E-state index in [1.54, 1.807) is 0 Å². The molecule has 3 heteroatoms. The number of alkyl halides is 2. The van der Waals surface area contributed by atoms with Gasteiger partial charge in [0, 0.05) is 18.9 Å². The van der Waals surface area contributed by atoms with Crippen LogP contribution in [0.1, 0.15) is 56.2 Å². The van der Waals surface area contributed by atoms with Crippen LogP contribution in [0.2, 0.25) is 0 Å². The average Bonchev–Trinajstić information content (AvgIpc) is 2.39. The fraction of sp³-hybridized carbons (Fsp3) is 0.625. The molecule has 1 aliphatic rings. The fourth-order valence-corrected chi connectivity index (χ4v) is 2.94. The Bertz CT molecular complexity index is 407. The molecule has 2 N–H and O–H groups in total. The van der Waals surface area contributed by atoms with Crippen molar-refractivity contribution in [2.24, 2.45) is 11.7 Å². The lowest BCUT2D eigenvalue weighted by molar-refractivity contribution is -0.0483. The summed E-state index contributed by atoms with van der Waals surface area (Å²) in [6, 6.07) is 8.19. The molecule has 1 nitrogen and oxygen atoms in total. The number of benzene rings is 1. The lowest BCUT2D eigenvalue weighted by Crippen LogP contribution is -2.31. The van der Waals surface area contributed by atoms with Gasteiger partial charge >= 0.3 is 0 Å². The van der Waals surface area contributed by atoms with Crippen LogP contribution >= 0.6 is 0 Å². The van der Waals surface area contributed by atoms with Gasteiger partial charge in [-0.15, -0.1) is 0 Å². The summed E-state index contributed by atoms with van der Waals surface area (Å²) in [6.45, 7) is 2.15. The van der Waals surface area contributed by atoms with Crippen molar-refractivity contribution >= 4 is 0 Å². The van der Waals surface area contributed by atoms with E-state index in [-0.39, 0.29) is 24.8 Å². The van der Waals surface area contributed by atoms with Crippen molar-refractivity contribution in [3.8, 4) is 0 Å². The molecule has 0 heterocycles. The number of halogens is 2. The Hall–Kier alpha value is -0.960. The first-order valence-corrected chi connectivity index (χ1v) is 7.24. The highest BCUT2D eigenvalue weighted by Crippen LogP contribution is 2.40. The van der Waals surface area contributed by atoms with E-state index in [1.807, 2.05) is 12.1 Å². The lowest BCUT2D eigenvalue weighted by atomic mass is 9.80. The van der Waals surface area contributed by atoms with Crippen LogP contribution in [-0.4, -0.2) is 5.92 Å². The Labute approximate surface area is 114 Å². The summed E-state index contributed by atoms with van der Waals surface area (Å²) in [5.74, 6) is -2.28. The second-order valence-electron chi connectivity index (χ2n) is 5.71. The molecule has 1 aromatic rings. The van der Waals surface area contributed by atoms with Gasteiger partial charge in [0.05, 0.1) is 0 Å². The fourth-order valence-electron chi connectivity index (χ4n) is 2.94. The Balaban J connectivity index is 2.03. The Morgan fingerprint density at radius 3 is 2.63 bits per heavy atom. The van der Waals surface area contributed by atoms with Gasteiger partial charge in [0.2, 0.25) is 5.92 Å². The van der Waals surface area contributed by atoms with E-state index in [0.29, 0.717) is 12.8 Å². The topological polar surface area (TPSA) is 26.0 Å². The highest BCUT2D eigenvalue weighted by atomic mass is 19.3. The molecule has 1 aliphatic carbocycles. The molecule has 0 saturated heterocycles. The van der Waals surface area contributed by atoms with Crippen LogP contribution in [0.5, 0.6) is 0 Å². The molecule has 0 amide bonds. The van der Waals surface area contributed by atoms with Gasteiger partial charge in [0.15, 0.2) is 0 Å². The molecule has 1 aromatic carbocycles. The van der Waals surface area contributed by atoms with E-state index in [2.05, 4.69) is 19.1 Å². The normalized spacial score (nSPS) is 21.3. The molecule has 0 aromatic heterocycles. The molecule has 19 heavy (non-hydrogen) atoms. The number of nitrogens with two attached hydrogens (primary N) is 1. The quantitative estimate of drug-likeness (QED) is 0.856. The van der Waals surface area contributed by atoms with E-state index >= 15 is 0 Å². The van der Waals surface area contributed by atoms with Gasteiger partial charge in [0.25, 0.3) is 0 Å². The van der Waals surface area contributed by atoms with Crippen molar-refractivity contribution in [1.82, 2.24) is 0 Å². The second-order valence-corrected chi connectivity index (χ2v) is 5.71. The van der Waals surface area contributed by atoms with E-state index in [1.165, 1.54) is 5.56 Å². The summed E-state index contributed by atoms with van der Waals surface area (Å²) in [5.41, 5.74) is 8.67. The predicted molar refractivity (Wildman–Crippen MR) is 74.3 cm³/mol. The summed E-state index contributed by atoms with van der Waals surface area (Å²) in [4.78, 5) is 0. The molecular weight excluding hydrogens is 244 g/mol. The van der Waals surface area contributed by atoms with Crippen LogP contribution in [-0.2, 0) is 6.42 Å². The van der Waals surface area contributed by atoms with Crippen LogP contribution in [0.3, 0.4) is 0 Å². The summed E-state index contributed by atoms with van der Waals surface area (Å²) in [7, 11) is 0. The van der Waals surface area contributed by atoms with Gasteiger partial charge in [-0.1, -0.05) is 37.6 Å². The molecule has 0 bridgehead atoms. The van der Waals surface area contributed by atoms with Gasteiger partial charge < -0.3 is 5.73 Å². The maximum Gasteiger partial charge on any atom is 0.248 e. The monoisotopic (exact) mass is 267 g/mol. The zero-order chi connectivity index (χ0) is 13.9. The Morgan fingerprint density at radius 1 is 1.32 bits per heavy atom. The molecule has 1 atom stereocenters. The van der Waals surface area contributed by atoms with Crippen LogP contribution in [0.25, 0.3) is 0 Å². The number of rotatable bonds is 4. The molecule has 106 valence electrons. The largest absolute Gasteiger partial charge is 0.324 e. The van der Waals surface area contributed by atoms with E-state index in [4.69, 9.17) is 5.73 Å². The average molecular weight is 267 g/mol. The van der Waals surface area contributed by atoms with Crippen LogP contribution in [0, 0.1) is 5.92 Å². The summed E-state index contributed by atoms with van der Waals surface area (Å²) < 4.78 is 26.3. The number of hydrogen-bond acceptors (Lipinski definition) is 1. The van der Waals surface area contributed by atoms with Crippen molar-refractivity contribution in [2.45, 2.75) is 57.4 Å². The van der Waals surface area contributed by atoms with Gasteiger partial charge in [-0.2, -0.15) is 0 Å². The maximum atomic E-state index is 13.2. The minimum atomic E-state index is -2.47. The Morgan fingerprint density at radius 2 is 2.00 bits per heavy atom. The molecular formula is C16H23F2N. The first-order valence-electron chi connectivity index (χ1n) is 7.24. The third-order valence-corrected chi connectivity index (χ3v) is 4.14. The van der Waals surface area contributed by atoms with E-state index in [9.17, 15) is 8.78 Å². The minimum Gasteiger partial charge on any atom is -0.324 e. The molecule has 0 radical (unpaired) electrons. The number of aryl methyl sites for hydroxylation is 1. The summed E-state index contributed by atoms with van der Waals surface area (Å²) in [6.07, 6.45) is 3.19. The standard InChI is InChI=1S/C16H23F2N/c1-2-4-12-5-3-6-14(11-12)15(19)13-7-9-16(17,18)10-8-13/h3,5-6,11,13,15H,2,4,7-10,19H2,1H3. The summed E-state index contributed by atoms with van der Waals surface area (Å²) >= 11 is 0. The molecule has 0 spiro atoms. The molecule has 1 fully saturated rings. The third-order valence-electron chi connectivity index (χ3n) is 4.14. The van der Waals surface area contributed by atoms with Crippen LogP contribution < -0.4 is 5.73 Å². The van der Waals surface area contributed by atoms with Gasteiger partial charge in [-0.25, -0.2) is 8.78 Å². The van der Waals surface area contributed by atoms with Gasteiger partial charge in [-0.05, 0) is 36.3 Å². The minimum absolute atomic E-state index is 0.0139. The van der Waals surface area contributed by atoms with Crippen molar-refractivity contribution in [3.63, 3.8) is 0 Å². The molecule has 0 aliphatic heterocycles. The first kappa shape index (κ1) is 14.4. The lowest BCUT2D eigenvalue weighted by Gasteiger charge is -2.32. The zero-order valence-electron chi connectivity index (χ0n) is 11.5. The van der Waals surface area contributed by atoms with Crippen molar-refractivity contribution < 1.29 is 8.78 Å². The van der Waals surface area contributed by atoms with Crippen molar-refractivity contribution in [3.05, 3.63) is 35.4 Å². The third kappa shape index (κ3) is 3.75. The second kappa shape index (κ2) is 6.00. The van der Waals surface area contributed by atoms with E-state index < -0.39 is 5.92 Å². The molecule has 2 rings (SSSR count). The number of hydrogen-bond donors (Lipinski definition) is 1. The predicted octanol–water partition coefficient (Wildman–Crippen LogP) is 4.46. The first-order chi connectivity index (χ1) is 9.02. The van der Waals surface area contributed by atoms with Gasteiger partial charge in [0.1, 0.15) is 0 Å². The van der Waals surface area contributed by atoms with Crippen molar-refractivity contribution in [1.29, 1.82) is 0 Å².